The molecule has 0 amide bonds. The van der Waals surface area contributed by atoms with E-state index in [4.69, 9.17) is 5.73 Å². The Balaban J connectivity index is 2.38. The minimum absolute atomic E-state index is 0.182. The van der Waals surface area contributed by atoms with Gasteiger partial charge in [0.25, 0.3) is 0 Å². The molecule has 1 aliphatic rings. The molecule has 4 nitrogen and oxygen atoms in total. The number of likely N-dealkylation sites (N-methyl/N-ethyl adjacent to an activating group) is 1. The van der Waals surface area contributed by atoms with Gasteiger partial charge in [0.2, 0.25) is 0 Å². The van der Waals surface area contributed by atoms with Crippen LogP contribution in [0.2, 0.25) is 0 Å². The van der Waals surface area contributed by atoms with Gasteiger partial charge in [-0.05, 0) is 40.8 Å². The summed E-state index contributed by atoms with van der Waals surface area (Å²) in [5.74, 6) is 0. The second kappa shape index (κ2) is 6.69. The SMILES string of the molecule is CC(C)N1CCC(CN)(NCCN(C)C)CC1. The van der Waals surface area contributed by atoms with Crippen LogP contribution in [0.5, 0.6) is 0 Å². The summed E-state index contributed by atoms with van der Waals surface area (Å²) < 4.78 is 0. The zero-order valence-electron chi connectivity index (χ0n) is 12.0. The van der Waals surface area contributed by atoms with Crippen molar-refractivity contribution in [3.63, 3.8) is 0 Å². The number of likely N-dealkylation sites (tertiary alicyclic amines) is 1. The summed E-state index contributed by atoms with van der Waals surface area (Å²) in [7, 11) is 4.22. The van der Waals surface area contributed by atoms with Gasteiger partial charge in [-0.2, -0.15) is 0 Å². The third-order valence-corrected chi connectivity index (χ3v) is 3.94. The maximum Gasteiger partial charge on any atom is 0.0328 e. The van der Waals surface area contributed by atoms with Crippen molar-refractivity contribution < 1.29 is 0 Å². The highest BCUT2D eigenvalue weighted by molar-refractivity contribution is 4.94. The maximum atomic E-state index is 5.98. The van der Waals surface area contributed by atoms with Crippen molar-refractivity contribution in [2.75, 3.05) is 46.8 Å². The van der Waals surface area contributed by atoms with E-state index in [0.717, 1.165) is 19.6 Å². The molecule has 0 bridgehead atoms. The fourth-order valence-corrected chi connectivity index (χ4v) is 2.47. The molecule has 0 atom stereocenters. The number of nitrogens with one attached hydrogen (secondary N) is 1. The fraction of sp³-hybridized carbons (Fsp3) is 1.00. The lowest BCUT2D eigenvalue weighted by molar-refractivity contribution is 0.113. The average Bonchev–Trinajstić information content (AvgIpc) is 2.29. The molecule has 0 aromatic rings. The minimum atomic E-state index is 0.182. The van der Waals surface area contributed by atoms with Crippen LogP contribution in [-0.4, -0.2) is 68.2 Å². The number of hydrogen-bond donors (Lipinski definition) is 2. The normalized spacial score (nSPS) is 21.4. The van der Waals surface area contributed by atoms with E-state index in [2.05, 4.69) is 43.1 Å². The van der Waals surface area contributed by atoms with E-state index < -0.39 is 0 Å². The fourth-order valence-electron chi connectivity index (χ4n) is 2.47. The Hall–Kier alpha value is -0.160. The van der Waals surface area contributed by atoms with Crippen LogP contribution >= 0.6 is 0 Å². The zero-order valence-corrected chi connectivity index (χ0v) is 12.0. The monoisotopic (exact) mass is 242 g/mol. The first-order chi connectivity index (χ1) is 7.99. The largest absolute Gasteiger partial charge is 0.329 e. The second-order valence-corrected chi connectivity index (χ2v) is 5.84. The molecule has 1 heterocycles. The van der Waals surface area contributed by atoms with Gasteiger partial charge < -0.3 is 20.9 Å². The van der Waals surface area contributed by atoms with Crippen LogP contribution in [0, 0.1) is 0 Å². The van der Waals surface area contributed by atoms with E-state index >= 15 is 0 Å². The van der Waals surface area contributed by atoms with Crippen LogP contribution in [-0.2, 0) is 0 Å². The third-order valence-electron chi connectivity index (χ3n) is 3.94. The summed E-state index contributed by atoms with van der Waals surface area (Å²) in [5.41, 5.74) is 6.16. The van der Waals surface area contributed by atoms with Crippen molar-refractivity contribution in [1.82, 2.24) is 15.1 Å². The lowest BCUT2D eigenvalue weighted by Gasteiger charge is -2.43. The summed E-state index contributed by atoms with van der Waals surface area (Å²) in [6.45, 7) is 9.76. The van der Waals surface area contributed by atoms with Crippen molar-refractivity contribution in [2.24, 2.45) is 5.73 Å². The first-order valence-electron chi connectivity index (χ1n) is 6.83. The van der Waals surface area contributed by atoms with E-state index in [1.165, 1.54) is 25.9 Å². The predicted octanol–water partition coefficient (Wildman–Crippen LogP) is 0.339. The van der Waals surface area contributed by atoms with E-state index in [1.54, 1.807) is 0 Å². The van der Waals surface area contributed by atoms with E-state index in [0.29, 0.717) is 6.04 Å². The van der Waals surface area contributed by atoms with Gasteiger partial charge in [-0.25, -0.2) is 0 Å². The molecule has 0 radical (unpaired) electrons. The van der Waals surface area contributed by atoms with Gasteiger partial charge in [0.05, 0.1) is 0 Å². The predicted molar refractivity (Wildman–Crippen MR) is 74.3 cm³/mol. The number of rotatable bonds is 6. The molecule has 0 aromatic carbocycles. The lowest BCUT2D eigenvalue weighted by atomic mass is 9.87. The standard InChI is InChI=1S/C13H30N4/c1-12(2)17-8-5-13(11-14,6-9-17)15-7-10-16(3)4/h12,15H,5-11,14H2,1-4H3. The molecule has 17 heavy (non-hydrogen) atoms. The first kappa shape index (κ1) is 14.9. The van der Waals surface area contributed by atoms with Gasteiger partial charge in [-0.1, -0.05) is 0 Å². The van der Waals surface area contributed by atoms with E-state index in [9.17, 15) is 0 Å². The Kier molecular flexibility index (Phi) is 5.86. The van der Waals surface area contributed by atoms with Crippen LogP contribution in [0.4, 0.5) is 0 Å². The minimum Gasteiger partial charge on any atom is -0.329 e. The Morgan fingerprint density at radius 2 is 1.88 bits per heavy atom. The van der Waals surface area contributed by atoms with Crippen LogP contribution in [0.25, 0.3) is 0 Å². The molecular formula is C13H30N4. The quantitative estimate of drug-likeness (QED) is 0.705. The van der Waals surface area contributed by atoms with Crippen LogP contribution in [0.15, 0.2) is 0 Å². The summed E-state index contributed by atoms with van der Waals surface area (Å²) in [4.78, 5) is 4.75. The zero-order chi connectivity index (χ0) is 12.9. The number of nitrogens with two attached hydrogens (primary N) is 1. The molecule has 1 fully saturated rings. The molecule has 0 spiro atoms. The Labute approximate surface area is 107 Å². The summed E-state index contributed by atoms with van der Waals surface area (Å²) in [6.07, 6.45) is 2.35. The van der Waals surface area contributed by atoms with Gasteiger partial charge >= 0.3 is 0 Å². The smallest absolute Gasteiger partial charge is 0.0328 e. The number of hydrogen-bond acceptors (Lipinski definition) is 4. The van der Waals surface area contributed by atoms with Crippen molar-refractivity contribution in [2.45, 2.75) is 38.3 Å². The second-order valence-electron chi connectivity index (χ2n) is 5.84. The molecule has 0 saturated carbocycles. The molecule has 0 unspecified atom stereocenters. The summed E-state index contributed by atoms with van der Waals surface area (Å²) in [6, 6.07) is 0.660. The Morgan fingerprint density at radius 3 is 2.29 bits per heavy atom. The Bertz CT molecular complexity index is 202. The molecule has 0 aromatic heterocycles. The molecule has 102 valence electrons. The van der Waals surface area contributed by atoms with E-state index in [1.807, 2.05) is 0 Å². The molecular weight excluding hydrogens is 212 g/mol. The van der Waals surface area contributed by atoms with Gasteiger partial charge in [0, 0.05) is 44.3 Å². The molecule has 0 aliphatic carbocycles. The van der Waals surface area contributed by atoms with Gasteiger partial charge in [-0.15, -0.1) is 0 Å². The van der Waals surface area contributed by atoms with Crippen LogP contribution in [0.3, 0.4) is 0 Å². The van der Waals surface area contributed by atoms with Gasteiger partial charge in [0.1, 0.15) is 0 Å². The first-order valence-corrected chi connectivity index (χ1v) is 6.83. The molecule has 1 saturated heterocycles. The summed E-state index contributed by atoms with van der Waals surface area (Å²) in [5, 5.41) is 3.68. The van der Waals surface area contributed by atoms with Gasteiger partial charge in [0.15, 0.2) is 0 Å². The van der Waals surface area contributed by atoms with Crippen molar-refractivity contribution >= 4 is 0 Å². The molecule has 1 aliphatic heterocycles. The molecule has 3 N–H and O–H groups in total. The Morgan fingerprint density at radius 1 is 1.29 bits per heavy atom. The number of piperidine rings is 1. The highest BCUT2D eigenvalue weighted by Crippen LogP contribution is 2.22. The van der Waals surface area contributed by atoms with Crippen molar-refractivity contribution in [3.05, 3.63) is 0 Å². The number of nitrogens with zero attached hydrogens (tertiary/aromatic N) is 2. The molecule has 4 heteroatoms. The third kappa shape index (κ3) is 4.54. The van der Waals surface area contributed by atoms with E-state index in [-0.39, 0.29) is 5.54 Å². The summed E-state index contributed by atoms with van der Waals surface area (Å²) >= 11 is 0. The topological polar surface area (TPSA) is 44.5 Å². The van der Waals surface area contributed by atoms with Crippen molar-refractivity contribution in [3.8, 4) is 0 Å². The highest BCUT2D eigenvalue weighted by atomic mass is 15.2. The lowest BCUT2D eigenvalue weighted by Crippen LogP contribution is -2.59. The van der Waals surface area contributed by atoms with Crippen LogP contribution < -0.4 is 11.1 Å². The molecule has 1 rings (SSSR count). The average molecular weight is 242 g/mol. The maximum absolute atomic E-state index is 5.98. The van der Waals surface area contributed by atoms with Crippen molar-refractivity contribution in [1.29, 1.82) is 0 Å². The van der Waals surface area contributed by atoms with Crippen LogP contribution in [0.1, 0.15) is 26.7 Å². The highest BCUT2D eigenvalue weighted by Gasteiger charge is 2.33. The van der Waals surface area contributed by atoms with Gasteiger partial charge in [-0.3, -0.25) is 0 Å².